The number of phenols is 1. The summed E-state index contributed by atoms with van der Waals surface area (Å²) in [7, 11) is 0. The molecule has 8 heteroatoms. The minimum Gasteiger partial charge on any atom is -0.505 e. The van der Waals surface area contributed by atoms with E-state index in [9.17, 15) is 5.11 Å². The number of benzene rings is 2. The highest BCUT2D eigenvalue weighted by Gasteiger charge is 2.19. The standard InChI is InChI=1S/C17H13ClN4O3/c1-9-19-14-12(18)7-11(16(23)15(14)20-9)17-22-21-13(25-17)8-24-10-5-3-2-4-6-10/h2-7,23H,8H2,1H3,(H,19,20). The summed E-state index contributed by atoms with van der Waals surface area (Å²) in [6, 6.07) is 10.9. The molecule has 0 fully saturated rings. The molecule has 0 spiro atoms. The number of phenolic OH excluding ortho intramolecular Hbond substituents is 1. The van der Waals surface area contributed by atoms with Crippen LogP contribution in [0.1, 0.15) is 11.7 Å². The zero-order chi connectivity index (χ0) is 17.4. The summed E-state index contributed by atoms with van der Waals surface area (Å²) in [6.07, 6.45) is 0. The minimum absolute atomic E-state index is 0.0424. The summed E-state index contributed by atoms with van der Waals surface area (Å²) in [4.78, 5) is 7.21. The highest BCUT2D eigenvalue weighted by atomic mass is 35.5. The molecule has 0 saturated carbocycles. The van der Waals surface area contributed by atoms with Crippen molar-refractivity contribution in [2.75, 3.05) is 0 Å². The topological polar surface area (TPSA) is 97.1 Å². The number of aryl methyl sites for hydroxylation is 1. The number of imidazole rings is 1. The lowest BCUT2D eigenvalue weighted by Crippen LogP contribution is -1.95. The van der Waals surface area contributed by atoms with Crippen LogP contribution < -0.4 is 4.74 Å². The quantitative estimate of drug-likeness (QED) is 0.576. The summed E-state index contributed by atoms with van der Waals surface area (Å²) in [5, 5.41) is 18.8. The molecule has 4 rings (SSSR count). The molecule has 7 nitrogen and oxygen atoms in total. The summed E-state index contributed by atoms with van der Waals surface area (Å²) in [5.41, 5.74) is 1.26. The highest BCUT2D eigenvalue weighted by molar-refractivity contribution is 6.35. The molecular weight excluding hydrogens is 344 g/mol. The molecule has 2 heterocycles. The number of halogens is 1. The third kappa shape index (κ3) is 2.89. The third-order valence-corrected chi connectivity index (χ3v) is 3.90. The van der Waals surface area contributed by atoms with E-state index in [1.54, 1.807) is 13.0 Å². The first-order valence-corrected chi connectivity index (χ1v) is 7.88. The van der Waals surface area contributed by atoms with Gasteiger partial charge in [0.05, 0.1) is 10.6 Å². The molecule has 2 N–H and O–H groups in total. The average molecular weight is 357 g/mol. The Morgan fingerprint density at radius 1 is 1.24 bits per heavy atom. The molecule has 0 aliphatic heterocycles. The van der Waals surface area contributed by atoms with Crippen LogP contribution in [0.15, 0.2) is 40.8 Å². The van der Waals surface area contributed by atoms with Crippen LogP contribution in [-0.4, -0.2) is 25.3 Å². The van der Waals surface area contributed by atoms with E-state index in [2.05, 4.69) is 20.2 Å². The van der Waals surface area contributed by atoms with Gasteiger partial charge in [-0.2, -0.15) is 0 Å². The predicted octanol–water partition coefficient (Wildman–Crippen LogP) is 3.86. The van der Waals surface area contributed by atoms with E-state index in [1.165, 1.54) is 0 Å². The molecule has 0 aliphatic carbocycles. The van der Waals surface area contributed by atoms with Crippen molar-refractivity contribution in [2.45, 2.75) is 13.5 Å². The molecule has 4 aromatic rings. The zero-order valence-electron chi connectivity index (χ0n) is 13.2. The number of fused-ring (bicyclic) bond motifs is 1. The maximum absolute atomic E-state index is 10.5. The van der Waals surface area contributed by atoms with Gasteiger partial charge in [-0.1, -0.05) is 29.8 Å². The van der Waals surface area contributed by atoms with Gasteiger partial charge >= 0.3 is 0 Å². The van der Waals surface area contributed by atoms with Crippen molar-refractivity contribution in [1.82, 2.24) is 20.2 Å². The second kappa shape index (κ2) is 6.10. The Morgan fingerprint density at radius 2 is 2.04 bits per heavy atom. The Balaban J connectivity index is 1.63. The molecule has 126 valence electrons. The first kappa shape index (κ1) is 15.5. The van der Waals surface area contributed by atoms with Gasteiger partial charge in [-0.15, -0.1) is 10.2 Å². The van der Waals surface area contributed by atoms with Crippen molar-refractivity contribution >= 4 is 22.6 Å². The van der Waals surface area contributed by atoms with E-state index in [4.69, 9.17) is 20.8 Å². The number of aromatic amines is 1. The van der Waals surface area contributed by atoms with Crippen LogP contribution in [-0.2, 0) is 6.61 Å². The fourth-order valence-electron chi connectivity index (χ4n) is 2.48. The normalized spacial score (nSPS) is 11.1. The molecule has 2 aromatic carbocycles. The van der Waals surface area contributed by atoms with Crippen molar-refractivity contribution in [3.05, 3.63) is 53.1 Å². The number of nitrogens with one attached hydrogen (secondary N) is 1. The minimum atomic E-state index is -0.0424. The Bertz CT molecular complexity index is 1040. The Labute approximate surface area is 147 Å². The Kier molecular flexibility index (Phi) is 3.77. The van der Waals surface area contributed by atoms with Crippen LogP contribution in [0.25, 0.3) is 22.5 Å². The second-order valence-electron chi connectivity index (χ2n) is 5.40. The van der Waals surface area contributed by atoms with Gasteiger partial charge in [-0.05, 0) is 25.1 Å². The molecule has 0 unspecified atom stereocenters. The average Bonchev–Trinajstić information content (AvgIpc) is 3.24. The van der Waals surface area contributed by atoms with Gasteiger partial charge in [0.25, 0.3) is 11.8 Å². The number of hydrogen-bond donors (Lipinski definition) is 2. The summed E-state index contributed by atoms with van der Waals surface area (Å²) in [6.45, 7) is 1.90. The molecule has 2 aromatic heterocycles. The fraction of sp³-hybridized carbons (Fsp3) is 0.118. The van der Waals surface area contributed by atoms with Gasteiger partial charge in [0.1, 0.15) is 22.6 Å². The molecule has 25 heavy (non-hydrogen) atoms. The predicted molar refractivity (Wildman–Crippen MR) is 91.6 cm³/mol. The van der Waals surface area contributed by atoms with E-state index in [0.717, 1.165) is 0 Å². The van der Waals surface area contributed by atoms with Gasteiger partial charge in [-0.3, -0.25) is 0 Å². The van der Waals surface area contributed by atoms with E-state index < -0.39 is 0 Å². The van der Waals surface area contributed by atoms with Gasteiger partial charge in [0, 0.05) is 0 Å². The van der Waals surface area contributed by atoms with E-state index in [1.807, 2.05) is 30.3 Å². The van der Waals surface area contributed by atoms with Gasteiger partial charge < -0.3 is 19.2 Å². The van der Waals surface area contributed by atoms with Crippen LogP contribution in [0.2, 0.25) is 5.02 Å². The lowest BCUT2D eigenvalue weighted by molar-refractivity contribution is 0.264. The largest absolute Gasteiger partial charge is 0.505 e. The van der Waals surface area contributed by atoms with Gasteiger partial charge in [0.15, 0.2) is 12.4 Å². The van der Waals surface area contributed by atoms with Crippen LogP contribution in [0.4, 0.5) is 0 Å². The smallest absolute Gasteiger partial charge is 0.254 e. The number of nitrogens with zero attached hydrogens (tertiary/aromatic N) is 3. The number of rotatable bonds is 4. The van der Waals surface area contributed by atoms with Crippen LogP contribution in [0.3, 0.4) is 0 Å². The van der Waals surface area contributed by atoms with Crippen molar-refractivity contribution in [3.8, 4) is 23.0 Å². The second-order valence-corrected chi connectivity index (χ2v) is 5.81. The summed E-state index contributed by atoms with van der Waals surface area (Å²) >= 11 is 6.24. The lowest BCUT2D eigenvalue weighted by atomic mass is 10.1. The first-order chi connectivity index (χ1) is 12.1. The van der Waals surface area contributed by atoms with Crippen molar-refractivity contribution in [3.63, 3.8) is 0 Å². The van der Waals surface area contributed by atoms with Crippen molar-refractivity contribution < 1.29 is 14.3 Å². The molecular formula is C17H13ClN4O3. The molecule has 0 radical (unpaired) electrons. The van der Waals surface area contributed by atoms with Crippen molar-refractivity contribution in [1.29, 1.82) is 0 Å². The maximum Gasteiger partial charge on any atom is 0.254 e. The SMILES string of the molecule is Cc1nc2c(Cl)cc(-c3nnc(COc4ccccc4)o3)c(O)c2[nH]1. The number of ether oxygens (including phenoxy) is 1. The first-order valence-electron chi connectivity index (χ1n) is 7.50. The number of hydrogen-bond acceptors (Lipinski definition) is 6. The van der Waals surface area contributed by atoms with Crippen LogP contribution >= 0.6 is 11.6 Å². The number of para-hydroxylation sites is 1. The molecule has 0 aliphatic rings. The van der Waals surface area contributed by atoms with Gasteiger partial charge in [0.2, 0.25) is 0 Å². The molecule has 0 amide bonds. The van der Waals surface area contributed by atoms with Gasteiger partial charge in [-0.25, -0.2) is 4.98 Å². The number of aromatic hydroxyl groups is 1. The van der Waals surface area contributed by atoms with E-state index >= 15 is 0 Å². The highest BCUT2D eigenvalue weighted by Crippen LogP contribution is 2.38. The third-order valence-electron chi connectivity index (χ3n) is 3.61. The Morgan fingerprint density at radius 3 is 2.84 bits per heavy atom. The monoisotopic (exact) mass is 356 g/mol. The lowest BCUT2D eigenvalue weighted by Gasteiger charge is -2.03. The van der Waals surface area contributed by atoms with Crippen LogP contribution in [0, 0.1) is 6.92 Å². The maximum atomic E-state index is 10.5. The summed E-state index contributed by atoms with van der Waals surface area (Å²) in [5.74, 6) is 1.74. The number of H-pyrrole nitrogens is 1. The molecule has 0 bridgehead atoms. The zero-order valence-corrected chi connectivity index (χ0v) is 13.9. The Hall–Kier alpha value is -3.06. The number of aromatic nitrogens is 4. The molecule has 0 atom stereocenters. The van der Waals surface area contributed by atoms with Crippen LogP contribution in [0.5, 0.6) is 11.5 Å². The summed E-state index contributed by atoms with van der Waals surface area (Å²) < 4.78 is 11.2. The van der Waals surface area contributed by atoms with E-state index in [-0.39, 0.29) is 24.1 Å². The van der Waals surface area contributed by atoms with Crippen molar-refractivity contribution in [2.24, 2.45) is 0 Å². The fourth-order valence-corrected chi connectivity index (χ4v) is 2.73. The van der Waals surface area contributed by atoms with E-state index in [0.29, 0.717) is 33.2 Å². The molecule has 0 saturated heterocycles.